The lowest BCUT2D eigenvalue weighted by atomic mass is 10.2. The fraction of sp³-hybridized carbons (Fsp3) is 0.200. The quantitative estimate of drug-likeness (QED) is 0.662. The van der Waals surface area contributed by atoms with Gasteiger partial charge in [-0.2, -0.15) is 0 Å². The molecule has 0 aliphatic carbocycles. The van der Waals surface area contributed by atoms with Gasteiger partial charge in [-0.25, -0.2) is 13.2 Å². The van der Waals surface area contributed by atoms with Crippen LogP contribution in [0.2, 0.25) is 0 Å². The summed E-state index contributed by atoms with van der Waals surface area (Å²) in [6, 6.07) is 1.24. The molecule has 0 atom stereocenters. The van der Waals surface area contributed by atoms with E-state index in [4.69, 9.17) is 5.73 Å². The maximum Gasteiger partial charge on any atom is 0.254 e. The van der Waals surface area contributed by atoms with E-state index in [9.17, 15) is 18.0 Å². The number of nitrogens with zero attached hydrogens (tertiary/aromatic N) is 1. The molecule has 1 aromatic rings. The van der Waals surface area contributed by atoms with E-state index in [1.165, 1.54) is 7.05 Å². The zero-order valence-corrected chi connectivity index (χ0v) is 9.65. The Bertz CT molecular complexity index is 456. The van der Waals surface area contributed by atoms with Gasteiger partial charge in [0.05, 0.1) is 11.5 Å². The summed E-state index contributed by atoms with van der Waals surface area (Å²) in [7, 11) is 1.36. The van der Waals surface area contributed by atoms with Gasteiger partial charge in [-0.05, 0) is 12.1 Å². The Labute approximate surface area is 101 Å². The number of rotatable bonds is 3. The lowest BCUT2D eigenvalue weighted by Crippen LogP contribution is -2.34. The number of carbonyl (C=O) groups excluding carboxylic acids is 1. The molecule has 3 nitrogen and oxygen atoms in total. The van der Waals surface area contributed by atoms with Gasteiger partial charge in [0.2, 0.25) is 0 Å². The molecule has 1 amide bonds. The maximum absolute atomic E-state index is 12.9. The SMILES string of the molecule is CN(CC(N)=S)C(=O)c1cc(F)c(F)c(F)c1. The minimum absolute atomic E-state index is 0.0330. The van der Waals surface area contributed by atoms with E-state index < -0.39 is 23.4 Å². The van der Waals surface area contributed by atoms with Gasteiger partial charge in [0.1, 0.15) is 0 Å². The Hall–Kier alpha value is -1.63. The van der Waals surface area contributed by atoms with Crippen LogP contribution in [0, 0.1) is 17.5 Å². The van der Waals surface area contributed by atoms with Crippen molar-refractivity contribution in [3.63, 3.8) is 0 Å². The molecular weight excluding hydrogens is 253 g/mol. The second-order valence-corrected chi connectivity index (χ2v) is 3.91. The number of likely N-dealkylation sites (N-methyl/N-ethyl adjacent to an activating group) is 1. The lowest BCUT2D eigenvalue weighted by Gasteiger charge is -2.16. The highest BCUT2D eigenvalue weighted by atomic mass is 32.1. The van der Waals surface area contributed by atoms with Crippen molar-refractivity contribution < 1.29 is 18.0 Å². The first-order chi connectivity index (χ1) is 7.82. The Morgan fingerprint density at radius 1 is 1.35 bits per heavy atom. The number of hydrogen-bond donors (Lipinski definition) is 1. The largest absolute Gasteiger partial charge is 0.392 e. The zero-order chi connectivity index (χ0) is 13.2. The lowest BCUT2D eigenvalue weighted by molar-refractivity contribution is 0.0814. The normalized spacial score (nSPS) is 10.1. The van der Waals surface area contributed by atoms with E-state index in [0.29, 0.717) is 12.1 Å². The number of benzene rings is 1. The molecule has 0 saturated carbocycles. The Morgan fingerprint density at radius 3 is 2.24 bits per heavy atom. The number of carbonyl (C=O) groups is 1. The van der Waals surface area contributed by atoms with E-state index in [0.717, 1.165) is 4.90 Å². The van der Waals surface area contributed by atoms with Gasteiger partial charge >= 0.3 is 0 Å². The van der Waals surface area contributed by atoms with E-state index in [1.807, 2.05) is 0 Å². The molecule has 0 saturated heterocycles. The standard InChI is InChI=1S/C10H9F3N2OS/c1-15(4-8(14)17)10(16)5-2-6(11)9(13)7(12)3-5/h2-3H,4H2,1H3,(H2,14,17). The van der Waals surface area contributed by atoms with Crippen molar-refractivity contribution in [1.82, 2.24) is 4.90 Å². The average Bonchev–Trinajstić information content (AvgIpc) is 2.23. The predicted octanol–water partition coefficient (Wildman–Crippen LogP) is 1.46. The molecule has 0 aliphatic heterocycles. The highest BCUT2D eigenvalue weighted by Gasteiger charge is 2.18. The van der Waals surface area contributed by atoms with Gasteiger partial charge in [0.15, 0.2) is 17.5 Å². The van der Waals surface area contributed by atoms with Gasteiger partial charge in [0, 0.05) is 12.6 Å². The Morgan fingerprint density at radius 2 is 1.82 bits per heavy atom. The van der Waals surface area contributed by atoms with Crippen LogP contribution in [0.3, 0.4) is 0 Å². The zero-order valence-electron chi connectivity index (χ0n) is 8.84. The predicted molar refractivity (Wildman–Crippen MR) is 60.1 cm³/mol. The molecule has 7 heteroatoms. The van der Waals surface area contributed by atoms with Crippen molar-refractivity contribution in [2.45, 2.75) is 0 Å². The fourth-order valence-corrected chi connectivity index (χ4v) is 1.40. The third-order valence-corrected chi connectivity index (χ3v) is 2.10. The van der Waals surface area contributed by atoms with Crippen molar-refractivity contribution in [2.24, 2.45) is 5.73 Å². The van der Waals surface area contributed by atoms with E-state index in [2.05, 4.69) is 12.2 Å². The molecule has 1 aromatic carbocycles. The van der Waals surface area contributed by atoms with Crippen molar-refractivity contribution >= 4 is 23.1 Å². The number of halogens is 3. The van der Waals surface area contributed by atoms with Crippen molar-refractivity contribution in [3.8, 4) is 0 Å². The van der Waals surface area contributed by atoms with Crippen molar-refractivity contribution in [3.05, 3.63) is 35.1 Å². The van der Waals surface area contributed by atoms with E-state index in [-0.39, 0.29) is 17.1 Å². The van der Waals surface area contributed by atoms with Crippen LogP contribution in [-0.4, -0.2) is 29.4 Å². The topological polar surface area (TPSA) is 46.3 Å². The monoisotopic (exact) mass is 262 g/mol. The second-order valence-electron chi connectivity index (χ2n) is 3.38. The molecule has 1 rings (SSSR count). The number of nitrogens with two attached hydrogens (primary N) is 1. The average molecular weight is 262 g/mol. The van der Waals surface area contributed by atoms with Crippen LogP contribution in [0.1, 0.15) is 10.4 Å². The van der Waals surface area contributed by atoms with Crippen LogP contribution in [0.5, 0.6) is 0 Å². The maximum atomic E-state index is 12.9. The summed E-state index contributed by atoms with van der Waals surface area (Å²) in [6.45, 7) is -0.0330. The molecule has 0 spiro atoms. The molecule has 0 radical (unpaired) electrons. The number of thiocarbonyl (C=S) groups is 1. The van der Waals surface area contributed by atoms with Gasteiger partial charge < -0.3 is 10.6 Å². The molecule has 0 heterocycles. The number of hydrogen-bond acceptors (Lipinski definition) is 2. The summed E-state index contributed by atoms with van der Waals surface area (Å²) >= 11 is 4.59. The van der Waals surface area contributed by atoms with Crippen LogP contribution in [-0.2, 0) is 0 Å². The molecule has 2 N–H and O–H groups in total. The Kier molecular flexibility index (Phi) is 4.06. The van der Waals surface area contributed by atoms with Crippen LogP contribution < -0.4 is 5.73 Å². The second kappa shape index (κ2) is 5.13. The highest BCUT2D eigenvalue weighted by Crippen LogP contribution is 2.14. The summed E-state index contributed by atoms with van der Waals surface area (Å²) < 4.78 is 38.4. The molecule has 0 unspecified atom stereocenters. The first-order valence-corrected chi connectivity index (χ1v) is 4.92. The van der Waals surface area contributed by atoms with E-state index >= 15 is 0 Å². The molecule has 17 heavy (non-hydrogen) atoms. The van der Waals surface area contributed by atoms with Crippen LogP contribution >= 0.6 is 12.2 Å². The van der Waals surface area contributed by atoms with Gasteiger partial charge in [-0.15, -0.1) is 0 Å². The van der Waals surface area contributed by atoms with Crippen LogP contribution in [0.15, 0.2) is 12.1 Å². The number of amides is 1. The molecule has 0 bridgehead atoms. The third-order valence-electron chi connectivity index (χ3n) is 1.97. The van der Waals surface area contributed by atoms with Gasteiger partial charge in [0.25, 0.3) is 5.91 Å². The summed E-state index contributed by atoms with van der Waals surface area (Å²) in [5.74, 6) is -5.15. The van der Waals surface area contributed by atoms with Crippen LogP contribution in [0.4, 0.5) is 13.2 Å². The van der Waals surface area contributed by atoms with E-state index in [1.54, 1.807) is 0 Å². The molecule has 0 aliphatic rings. The van der Waals surface area contributed by atoms with Crippen molar-refractivity contribution in [2.75, 3.05) is 13.6 Å². The summed E-state index contributed by atoms with van der Waals surface area (Å²) in [5, 5.41) is 0. The molecule has 0 fully saturated rings. The van der Waals surface area contributed by atoms with Gasteiger partial charge in [-0.1, -0.05) is 12.2 Å². The summed E-state index contributed by atoms with van der Waals surface area (Å²) in [6.07, 6.45) is 0. The highest BCUT2D eigenvalue weighted by molar-refractivity contribution is 7.80. The third kappa shape index (κ3) is 3.16. The molecule has 0 aromatic heterocycles. The van der Waals surface area contributed by atoms with Crippen LogP contribution in [0.25, 0.3) is 0 Å². The Balaban J connectivity index is 3.01. The van der Waals surface area contributed by atoms with Crippen molar-refractivity contribution in [1.29, 1.82) is 0 Å². The van der Waals surface area contributed by atoms with Gasteiger partial charge in [-0.3, -0.25) is 4.79 Å². The smallest absolute Gasteiger partial charge is 0.254 e. The minimum Gasteiger partial charge on any atom is -0.392 e. The first-order valence-electron chi connectivity index (χ1n) is 4.51. The minimum atomic E-state index is -1.61. The molecular formula is C10H9F3N2OS. The first kappa shape index (κ1) is 13.4. The molecule has 92 valence electrons. The summed E-state index contributed by atoms with van der Waals surface area (Å²) in [5.41, 5.74) is 4.92. The fourth-order valence-electron chi connectivity index (χ4n) is 1.20. The summed E-state index contributed by atoms with van der Waals surface area (Å²) in [4.78, 5) is 12.8.